The molecule has 1 unspecified atom stereocenters. The first-order valence-electron chi connectivity index (χ1n) is 10.2. The molecule has 3 rings (SSSR count). The highest BCUT2D eigenvalue weighted by Gasteiger charge is 2.22. The van der Waals surface area contributed by atoms with Gasteiger partial charge in [-0.1, -0.05) is 12.0 Å². The average molecular weight is 459 g/mol. The first-order chi connectivity index (χ1) is 15.2. The van der Waals surface area contributed by atoms with Crippen LogP contribution in [0.15, 0.2) is 35.2 Å². The quantitative estimate of drug-likeness (QED) is 0.351. The van der Waals surface area contributed by atoms with Crippen LogP contribution >= 0.6 is 0 Å². The van der Waals surface area contributed by atoms with Crippen molar-refractivity contribution in [2.45, 2.75) is 44.2 Å². The molecule has 0 saturated carbocycles. The first kappa shape index (κ1) is 23.7. The molecule has 0 bridgehead atoms. The van der Waals surface area contributed by atoms with E-state index in [1.807, 2.05) is 18.4 Å². The van der Waals surface area contributed by atoms with Gasteiger partial charge in [-0.15, -0.1) is 6.42 Å². The third-order valence-corrected chi connectivity index (χ3v) is 6.76. The fourth-order valence-corrected chi connectivity index (χ4v) is 4.64. The van der Waals surface area contributed by atoms with E-state index in [2.05, 4.69) is 10.6 Å². The smallest absolute Gasteiger partial charge is 0.338 e. The van der Waals surface area contributed by atoms with E-state index in [4.69, 9.17) is 15.9 Å². The highest BCUT2D eigenvalue weighted by molar-refractivity contribution is 7.89. The molecule has 0 amide bonds. The van der Waals surface area contributed by atoms with Crippen molar-refractivity contribution in [1.82, 2.24) is 9.29 Å². The standard InChI is InChI=1S/C23H26N2O6S/c1-4-10-24-32(28,29)20-9-5-7-18(13-20)23(27)31-15-22(26)21-12-16(2)25(17(21)3)14-19-8-6-11-30-19/h1,5,7,9,12-13,19,24H,6,8,10-11,14-15H2,2-3H3. The second-order valence-electron chi connectivity index (χ2n) is 7.59. The highest BCUT2D eigenvalue weighted by Crippen LogP contribution is 2.21. The molecule has 9 heteroatoms. The Bertz CT molecular complexity index is 1150. The van der Waals surface area contributed by atoms with Crippen molar-refractivity contribution in [3.8, 4) is 12.3 Å². The summed E-state index contributed by atoms with van der Waals surface area (Å²) in [6.45, 7) is 4.60. The summed E-state index contributed by atoms with van der Waals surface area (Å²) in [4.78, 5) is 25.0. The summed E-state index contributed by atoms with van der Waals surface area (Å²) < 4.78 is 39.5. The lowest BCUT2D eigenvalue weighted by molar-refractivity contribution is 0.0474. The Morgan fingerprint density at radius 2 is 2.09 bits per heavy atom. The second kappa shape index (κ2) is 10.1. The van der Waals surface area contributed by atoms with Crippen LogP contribution in [0.1, 0.15) is 44.9 Å². The molecule has 1 atom stereocenters. The minimum absolute atomic E-state index is 0.0187. The van der Waals surface area contributed by atoms with Gasteiger partial charge in [0.2, 0.25) is 15.8 Å². The van der Waals surface area contributed by atoms with Gasteiger partial charge in [-0.05, 0) is 51.0 Å². The number of rotatable bonds is 9. The number of carbonyl (C=O) groups is 2. The molecule has 0 spiro atoms. The molecule has 1 aliphatic rings. The number of ether oxygens (including phenoxy) is 2. The minimum Gasteiger partial charge on any atom is -0.454 e. The lowest BCUT2D eigenvalue weighted by Crippen LogP contribution is -2.24. The summed E-state index contributed by atoms with van der Waals surface area (Å²) in [5, 5.41) is 0. The van der Waals surface area contributed by atoms with Gasteiger partial charge in [0, 0.05) is 30.1 Å². The highest BCUT2D eigenvalue weighted by atomic mass is 32.2. The summed E-state index contributed by atoms with van der Waals surface area (Å²) in [5.41, 5.74) is 2.24. The van der Waals surface area contributed by atoms with Crippen molar-refractivity contribution in [2.75, 3.05) is 19.8 Å². The fraction of sp³-hybridized carbons (Fsp3) is 0.391. The number of sulfonamides is 1. The molecule has 1 aromatic carbocycles. The Morgan fingerprint density at radius 1 is 1.31 bits per heavy atom. The monoisotopic (exact) mass is 458 g/mol. The molecule has 1 N–H and O–H groups in total. The van der Waals surface area contributed by atoms with Crippen LogP contribution in [0, 0.1) is 26.2 Å². The minimum atomic E-state index is -3.85. The predicted molar refractivity (Wildman–Crippen MR) is 118 cm³/mol. The molecular formula is C23H26N2O6S. The summed E-state index contributed by atoms with van der Waals surface area (Å²) in [6.07, 6.45) is 7.24. The van der Waals surface area contributed by atoms with Crippen molar-refractivity contribution >= 4 is 21.8 Å². The fourth-order valence-electron chi connectivity index (χ4n) is 3.66. The number of Topliss-reactive ketones (excluding diaryl/α,β-unsaturated/α-hetero) is 1. The molecule has 32 heavy (non-hydrogen) atoms. The van der Waals surface area contributed by atoms with E-state index < -0.39 is 22.6 Å². The predicted octanol–water partition coefficient (Wildman–Crippen LogP) is 2.24. The van der Waals surface area contributed by atoms with Gasteiger partial charge in [0.15, 0.2) is 6.61 Å². The Kier molecular flexibility index (Phi) is 7.51. The lowest BCUT2D eigenvalue weighted by Gasteiger charge is -2.14. The molecule has 8 nitrogen and oxygen atoms in total. The molecule has 1 aliphatic heterocycles. The number of hydrogen-bond acceptors (Lipinski definition) is 6. The molecule has 170 valence electrons. The van der Waals surface area contributed by atoms with E-state index in [1.54, 1.807) is 6.07 Å². The van der Waals surface area contributed by atoms with E-state index in [1.165, 1.54) is 24.3 Å². The number of nitrogens with zero attached hydrogens (tertiary/aromatic N) is 1. The van der Waals surface area contributed by atoms with Gasteiger partial charge in [-0.25, -0.2) is 13.2 Å². The van der Waals surface area contributed by atoms with Crippen LogP contribution in [0.25, 0.3) is 0 Å². The first-order valence-corrected chi connectivity index (χ1v) is 11.7. The molecule has 0 radical (unpaired) electrons. The second-order valence-corrected chi connectivity index (χ2v) is 9.35. The summed E-state index contributed by atoms with van der Waals surface area (Å²) in [6, 6.07) is 7.13. The van der Waals surface area contributed by atoms with E-state index in [0.717, 1.165) is 30.8 Å². The number of hydrogen-bond donors (Lipinski definition) is 1. The number of terminal acetylenes is 1. The zero-order valence-electron chi connectivity index (χ0n) is 18.1. The van der Waals surface area contributed by atoms with Gasteiger partial charge in [-0.2, -0.15) is 4.72 Å². The van der Waals surface area contributed by atoms with E-state index >= 15 is 0 Å². The molecule has 2 heterocycles. The number of esters is 1. The number of carbonyl (C=O) groups excluding carboxylic acids is 2. The van der Waals surface area contributed by atoms with Crippen LogP contribution in [-0.2, 0) is 26.0 Å². The lowest BCUT2D eigenvalue weighted by atomic mass is 10.1. The van der Waals surface area contributed by atoms with Gasteiger partial charge in [0.1, 0.15) is 0 Å². The largest absolute Gasteiger partial charge is 0.454 e. The number of nitrogens with one attached hydrogen (secondary N) is 1. The Hall–Kier alpha value is -2.93. The maximum Gasteiger partial charge on any atom is 0.338 e. The van der Waals surface area contributed by atoms with Gasteiger partial charge >= 0.3 is 5.97 Å². The summed E-state index contributed by atoms with van der Waals surface area (Å²) in [7, 11) is -3.85. The molecule has 1 fully saturated rings. The van der Waals surface area contributed by atoms with Crippen LogP contribution in [0.3, 0.4) is 0 Å². The normalized spacial score (nSPS) is 16.0. The zero-order valence-corrected chi connectivity index (χ0v) is 18.9. The van der Waals surface area contributed by atoms with Crippen molar-refractivity contribution < 1.29 is 27.5 Å². The van der Waals surface area contributed by atoms with Crippen LogP contribution in [-0.4, -0.2) is 50.6 Å². The number of aryl methyl sites for hydroxylation is 1. The van der Waals surface area contributed by atoms with E-state index in [9.17, 15) is 18.0 Å². The SMILES string of the molecule is C#CCNS(=O)(=O)c1cccc(C(=O)OCC(=O)c2cc(C)n(CC3CCCO3)c2C)c1. The van der Waals surface area contributed by atoms with Crippen molar-refractivity contribution in [2.24, 2.45) is 0 Å². The van der Waals surface area contributed by atoms with Gasteiger partial charge in [0.05, 0.1) is 23.1 Å². The van der Waals surface area contributed by atoms with Crippen LogP contribution < -0.4 is 4.72 Å². The van der Waals surface area contributed by atoms with Crippen molar-refractivity contribution in [1.29, 1.82) is 0 Å². The third kappa shape index (κ3) is 5.46. The van der Waals surface area contributed by atoms with E-state index in [-0.39, 0.29) is 28.9 Å². The topological polar surface area (TPSA) is 104 Å². The van der Waals surface area contributed by atoms with Gasteiger partial charge in [-0.3, -0.25) is 4.79 Å². The third-order valence-electron chi connectivity index (χ3n) is 5.36. The zero-order chi connectivity index (χ0) is 23.3. The van der Waals surface area contributed by atoms with Crippen LogP contribution in [0.2, 0.25) is 0 Å². The van der Waals surface area contributed by atoms with Gasteiger partial charge < -0.3 is 14.0 Å². The van der Waals surface area contributed by atoms with Crippen molar-refractivity contribution in [3.05, 3.63) is 52.8 Å². The number of benzene rings is 1. The Labute approximate surface area is 188 Å². The van der Waals surface area contributed by atoms with Crippen LogP contribution in [0.5, 0.6) is 0 Å². The average Bonchev–Trinajstić information content (AvgIpc) is 3.39. The summed E-state index contributed by atoms with van der Waals surface area (Å²) in [5.74, 6) is 1.06. The maximum atomic E-state index is 12.7. The molecule has 0 aliphatic carbocycles. The summed E-state index contributed by atoms with van der Waals surface area (Å²) >= 11 is 0. The molecule has 1 saturated heterocycles. The van der Waals surface area contributed by atoms with Crippen molar-refractivity contribution in [3.63, 3.8) is 0 Å². The van der Waals surface area contributed by atoms with Gasteiger partial charge in [0.25, 0.3) is 0 Å². The van der Waals surface area contributed by atoms with E-state index in [0.29, 0.717) is 12.1 Å². The Morgan fingerprint density at radius 3 is 2.78 bits per heavy atom. The molecular weight excluding hydrogens is 432 g/mol. The Balaban J connectivity index is 1.66. The number of ketones is 1. The molecule has 2 aromatic rings. The maximum absolute atomic E-state index is 12.7. The van der Waals surface area contributed by atoms with Crippen LogP contribution in [0.4, 0.5) is 0 Å². The molecule has 1 aromatic heterocycles. The number of aromatic nitrogens is 1.